The van der Waals surface area contributed by atoms with Crippen LogP contribution in [-0.2, 0) is 0 Å². The molecule has 0 unspecified atom stereocenters. The Morgan fingerprint density at radius 3 is 2.53 bits per heavy atom. The quantitative estimate of drug-likeness (QED) is 0.740. The number of hydrogen-bond acceptors (Lipinski definition) is 2. The summed E-state index contributed by atoms with van der Waals surface area (Å²) in [5.41, 5.74) is 1.92. The van der Waals surface area contributed by atoms with Crippen molar-refractivity contribution in [2.75, 3.05) is 18.0 Å². The molecule has 84 valence electrons. The Bertz CT molecular complexity index is 589. The van der Waals surface area contributed by atoms with Crippen LogP contribution in [0.25, 0.3) is 10.8 Å². The largest absolute Gasteiger partial charge is 0.370 e. The second kappa shape index (κ2) is 4.10. The van der Waals surface area contributed by atoms with Gasteiger partial charge in [0, 0.05) is 18.5 Å². The fourth-order valence-corrected chi connectivity index (χ4v) is 2.60. The molecular formula is C15H14N2. The van der Waals surface area contributed by atoms with Gasteiger partial charge in [0.2, 0.25) is 0 Å². The minimum absolute atomic E-state index is 0.824. The smallest absolute Gasteiger partial charge is 0.102 e. The Hall–Kier alpha value is -2.01. The van der Waals surface area contributed by atoms with Crippen molar-refractivity contribution in [1.82, 2.24) is 0 Å². The summed E-state index contributed by atoms with van der Waals surface area (Å²) in [6.07, 6.45) is 2.47. The normalized spacial score (nSPS) is 15.1. The van der Waals surface area contributed by atoms with Gasteiger partial charge in [-0.05, 0) is 24.3 Å². The number of hydrogen-bond donors (Lipinski definition) is 0. The van der Waals surface area contributed by atoms with Gasteiger partial charge in [-0.3, -0.25) is 0 Å². The zero-order chi connectivity index (χ0) is 11.7. The maximum atomic E-state index is 9.40. The van der Waals surface area contributed by atoms with Crippen molar-refractivity contribution in [2.45, 2.75) is 12.8 Å². The number of benzene rings is 2. The molecule has 3 rings (SSSR count). The maximum absolute atomic E-state index is 9.40. The third kappa shape index (κ3) is 1.64. The molecule has 17 heavy (non-hydrogen) atoms. The summed E-state index contributed by atoms with van der Waals surface area (Å²) in [5.74, 6) is 0. The number of nitrogens with zero attached hydrogens (tertiary/aromatic N) is 2. The van der Waals surface area contributed by atoms with Gasteiger partial charge in [-0.25, -0.2) is 0 Å². The zero-order valence-corrected chi connectivity index (χ0v) is 9.69. The molecule has 0 amide bonds. The van der Waals surface area contributed by atoms with Crippen molar-refractivity contribution in [3.05, 3.63) is 42.0 Å². The average Bonchev–Trinajstić information content (AvgIpc) is 2.91. The van der Waals surface area contributed by atoms with Gasteiger partial charge in [-0.1, -0.05) is 30.3 Å². The van der Waals surface area contributed by atoms with Crippen LogP contribution in [0, 0.1) is 11.3 Å². The van der Waals surface area contributed by atoms with E-state index >= 15 is 0 Å². The van der Waals surface area contributed by atoms with E-state index in [0.29, 0.717) is 0 Å². The lowest BCUT2D eigenvalue weighted by Gasteiger charge is -2.19. The summed E-state index contributed by atoms with van der Waals surface area (Å²) >= 11 is 0. The number of anilines is 1. The maximum Gasteiger partial charge on any atom is 0.102 e. The van der Waals surface area contributed by atoms with Crippen LogP contribution in [0.1, 0.15) is 18.4 Å². The highest BCUT2D eigenvalue weighted by Gasteiger charge is 2.17. The molecule has 1 fully saturated rings. The lowest BCUT2D eigenvalue weighted by molar-refractivity contribution is 0.949. The van der Waals surface area contributed by atoms with E-state index in [4.69, 9.17) is 0 Å². The summed E-state index contributed by atoms with van der Waals surface area (Å²) in [6.45, 7) is 2.15. The summed E-state index contributed by atoms with van der Waals surface area (Å²) in [4.78, 5) is 2.32. The Morgan fingerprint density at radius 2 is 1.76 bits per heavy atom. The minimum atomic E-state index is 0.824. The van der Waals surface area contributed by atoms with E-state index in [-0.39, 0.29) is 0 Å². The molecule has 0 radical (unpaired) electrons. The first-order chi connectivity index (χ1) is 8.40. The van der Waals surface area contributed by atoms with Gasteiger partial charge in [0.05, 0.1) is 11.3 Å². The van der Waals surface area contributed by atoms with Crippen molar-refractivity contribution in [1.29, 1.82) is 5.26 Å². The van der Waals surface area contributed by atoms with Crippen molar-refractivity contribution < 1.29 is 0 Å². The monoisotopic (exact) mass is 222 g/mol. The van der Waals surface area contributed by atoms with Crippen molar-refractivity contribution in [3.63, 3.8) is 0 Å². The first-order valence-corrected chi connectivity index (χ1v) is 6.07. The van der Waals surface area contributed by atoms with Gasteiger partial charge in [0.1, 0.15) is 6.07 Å². The molecule has 0 bridgehead atoms. The van der Waals surface area contributed by atoms with Gasteiger partial charge >= 0.3 is 0 Å². The Labute approximate surface area is 101 Å². The minimum Gasteiger partial charge on any atom is -0.370 e. The number of fused-ring (bicyclic) bond motifs is 1. The molecule has 2 aromatic carbocycles. The predicted molar refractivity (Wildman–Crippen MR) is 70.1 cm³/mol. The first-order valence-electron chi connectivity index (χ1n) is 6.07. The van der Waals surface area contributed by atoms with E-state index in [1.54, 1.807) is 0 Å². The van der Waals surface area contributed by atoms with Crippen molar-refractivity contribution in [3.8, 4) is 6.07 Å². The zero-order valence-electron chi connectivity index (χ0n) is 9.69. The highest BCUT2D eigenvalue weighted by atomic mass is 15.1. The van der Waals surface area contributed by atoms with E-state index in [1.165, 1.54) is 12.8 Å². The lowest BCUT2D eigenvalue weighted by atomic mass is 10.0. The lowest BCUT2D eigenvalue weighted by Crippen LogP contribution is -2.18. The number of rotatable bonds is 1. The third-order valence-electron chi connectivity index (χ3n) is 3.47. The number of nitriles is 1. The summed E-state index contributed by atoms with van der Waals surface area (Å²) in [6, 6.07) is 14.7. The summed E-state index contributed by atoms with van der Waals surface area (Å²) < 4.78 is 0. The first kappa shape index (κ1) is 10.2. The molecule has 1 aliphatic rings. The van der Waals surface area contributed by atoms with Gasteiger partial charge in [0.15, 0.2) is 0 Å². The molecule has 2 nitrogen and oxygen atoms in total. The molecule has 0 aliphatic carbocycles. The highest BCUT2D eigenvalue weighted by molar-refractivity contribution is 5.92. The van der Waals surface area contributed by atoms with E-state index < -0.39 is 0 Å². The Balaban J connectivity index is 2.22. The van der Waals surface area contributed by atoms with Gasteiger partial charge in [-0.15, -0.1) is 0 Å². The Morgan fingerprint density at radius 1 is 1.00 bits per heavy atom. The fourth-order valence-electron chi connectivity index (χ4n) is 2.60. The van der Waals surface area contributed by atoms with E-state index in [9.17, 15) is 5.26 Å². The average molecular weight is 222 g/mol. The van der Waals surface area contributed by atoms with E-state index in [2.05, 4.69) is 29.2 Å². The molecule has 1 aliphatic heterocycles. The molecule has 0 N–H and O–H groups in total. The molecular weight excluding hydrogens is 208 g/mol. The van der Waals surface area contributed by atoms with Gasteiger partial charge in [-0.2, -0.15) is 5.26 Å². The predicted octanol–water partition coefficient (Wildman–Crippen LogP) is 3.31. The molecule has 1 saturated heterocycles. The van der Waals surface area contributed by atoms with Crippen molar-refractivity contribution >= 4 is 16.5 Å². The molecule has 0 atom stereocenters. The standard InChI is InChI=1S/C15H14N2/c16-11-14-13-6-2-1-5-12(13)7-8-15(14)17-9-3-4-10-17/h1-2,5-8H,3-4,9-10H2. The molecule has 1 heterocycles. The Kier molecular flexibility index (Phi) is 2.45. The molecule has 0 saturated carbocycles. The van der Waals surface area contributed by atoms with Crippen LogP contribution in [0.2, 0.25) is 0 Å². The van der Waals surface area contributed by atoms with E-state index in [1.807, 2.05) is 18.2 Å². The van der Waals surface area contributed by atoms with Crippen LogP contribution in [0.15, 0.2) is 36.4 Å². The van der Waals surface area contributed by atoms with Gasteiger partial charge < -0.3 is 4.90 Å². The topological polar surface area (TPSA) is 27.0 Å². The molecule has 2 aromatic rings. The van der Waals surface area contributed by atoms with Crippen LogP contribution in [0.4, 0.5) is 5.69 Å². The fraction of sp³-hybridized carbons (Fsp3) is 0.267. The van der Waals surface area contributed by atoms with Gasteiger partial charge in [0.25, 0.3) is 0 Å². The van der Waals surface area contributed by atoms with Crippen LogP contribution in [0.3, 0.4) is 0 Å². The van der Waals surface area contributed by atoms with E-state index in [0.717, 1.165) is 35.1 Å². The highest BCUT2D eigenvalue weighted by Crippen LogP contribution is 2.30. The van der Waals surface area contributed by atoms with Crippen molar-refractivity contribution in [2.24, 2.45) is 0 Å². The van der Waals surface area contributed by atoms with Crippen LogP contribution < -0.4 is 4.90 Å². The SMILES string of the molecule is N#Cc1c(N2CCCC2)ccc2ccccc12. The third-order valence-corrected chi connectivity index (χ3v) is 3.47. The summed E-state index contributed by atoms with van der Waals surface area (Å²) in [7, 11) is 0. The van der Waals surface area contributed by atoms with Crippen LogP contribution in [0.5, 0.6) is 0 Å². The molecule has 2 heteroatoms. The molecule has 0 spiro atoms. The summed E-state index contributed by atoms with van der Waals surface area (Å²) in [5, 5.41) is 11.6. The second-order valence-corrected chi connectivity index (χ2v) is 4.49. The molecule has 0 aromatic heterocycles. The van der Waals surface area contributed by atoms with Crippen LogP contribution >= 0.6 is 0 Å². The van der Waals surface area contributed by atoms with Crippen LogP contribution in [-0.4, -0.2) is 13.1 Å². The second-order valence-electron chi connectivity index (χ2n) is 4.49.